The first kappa shape index (κ1) is 16.7. The van der Waals surface area contributed by atoms with Crippen molar-refractivity contribution >= 4 is 23.2 Å². The van der Waals surface area contributed by atoms with Gasteiger partial charge in [0.15, 0.2) is 5.82 Å². The lowest BCUT2D eigenvalue weighted by molar-refractivity contribution is 0.469. The molecule has 0 aliphatic carbocycles. The Hall–Kier alpha value is -2.11. The fourth-order valence-electron chi connectivity index (χ4n) is 2.43. The summed E-state index contributed by atoms with van der Waals surface area (Å²) in [6, 6.07) is 8.78. The molecule has 0 unspecified atom stereocenters. The summed E-state index contributed by atoms with van der Waals surface area (Å²) in [5.74, 6) is 0.771. The minimum Gasteiger partial charge on any atom is -0.263 e. The number of hydrogen-bond acceptors (Lipinski definition) is 3. The normalized spacial score (nSPS) is 11.2. The van der Waals surface area contributed by atoms with E-state index in [1.165, 1.54) is 10.9 Å². The summed E-state index contributed by atoms with van der Waals surface area (Å²) in [6.45, 7) is 4.59. The van der Waals surface area contributed by atoms with Gasteiger partial charge in [-0.05, 0) is 36.2 Å². The van der Waals surface area contributed by atoms with E-state index in [0.29, 0.717) is 33.7 Å². The van der Waals surface area contributed by atoms with Crippen molar-refractivity contribution in [3.05, 3.63) is 63.3 Å². The summed E-state index contributed by atoms with van der Waals surface area (Å²) in [6.07, 6.45) is 3.16. The van der Waals surface area contributed by atoms with Crippen LogP contribution in [0.15, 0.2) is 47.5 Å². The summed E-state index contributed by atoms with van der Waals surface area (Å²) in [5.41, 5.74) is 1.12. The SMILES string of the molecule is CC(C)Cn1nc(-c2ccncc2Cl)n(-c2ccc(Cl)cc2)c1=O. The molecule has 0 saturated carbocycles. The van der Waals surface area contributed by atoms with E-state index in [1.54, 1.807) is 41.1 Å². The molecule has 0 atom stereocenters. The minimum atomic E-state index is -0.214. The second kappa shape index (κ2) is 6.79. The van der Waals surface area contributed by atoms with Gasteiger partial charge in [-0.2, -0.15) is 0 Å². The average molecular weight is 363 g/mol. The molecule has 3 rings (SSSR count). The van der Waals surface area contributed by atoms with Gasteiger partial charge < -0.3 is 0 Å². The first-order valence-electron chi connectivity index (χ1n) is 7.53. The van der Waals surface area contributed by atoms with Crippen LogP contribution in [0.5, 0.6) is 0 Å². The van der Waals surface area contributed by atoms with Crippen LogP contribution < -0.4 is 5.69 Å². The largest absolute Gasteiger partial charge is 0.350 e. The van der Waals surface area contributed by atoms with Crippen LogP contribution in [0.1, 0.15) is 13.8 Å². The van der Waals surface area contributed by atoms with Gasteiger partial charge >= 0.3 is 5.69 Å². The van der Waals surface area contributed by atoms with Gasteiger partial charge in [-0.3, -0.25) is 4.98 Å². The Morgan fingerprint density at radius 2 is 1.83 bits per heavy atom. The quantitative estimate of drug-likeness (QED) is 0.703. The molecule has 2 heterocycles. The first-order valence-corrected chi connectivity index (χ1v) is 8.28. The van der Waals surface area contributed by atoms with E-state index in [4.69, 9.17) is 23.2 Å². The Morgan fingerprint density at radius 3 is 2.46 bits per heavy atom. The van der Waals surface area contributed by atoms with Gasteiger partial charge in [-0.25, -0.2) is 14.0 Å². The van der Waals surface area contributed by atoms with Gasteiger partial charge in [0.2, 0.25) is 0 Å². The van der Waals surface area contributed by atoms with Crippen LogP contribution in [-0.4, -0.2) is 19.3 Å². The van der Waals surface area contributed by atoms with Crippen molar-refractivity contribution in [2.24, 2.45) is 5.92 Å². The average Bonchev–Trinajstić information content (AvgIpc) is 2.85. The Morgan fingerprint density at radius 1 is 1.12 bits per heavy atom. The molecule has 0 fully saturated rings. The van der Waals surface area contributed by atoms with E-state index in [-0.39, 0.29) is 11.6 Å². The topological polar surface area (TPSA) is 52.7 Å². The zero-order valence-electron chi connectivity index (χ0n) is 13.3. The van der Waals surface area contributed by atoms with E-state index in [0.717, 1.165) is 0 Å². The fraction of sp³-hybridized carbons (Fsp3) is 0.235. The van der Waals surface area contributed by atoms with E-state index >= 15 is 0 Å². The molecule has 1 aromatic carbocycles. The zero-order chi connectivity index (χ0) is 17.3. The summed E-state index contributed by atoms with van der Waals surface area (Å²) in [5, 5.41) is 5.54. The molecule has 0 spiro atoms. The maximum absolute atomic E-state index is 12.9. The summed E-state index contributed by atoms with van der Waals surface area (Å²) in [4.78, 5) is 16.9. The standard InChI is InChI=1S/C17H16Cl2N4O/c1-11(2)10-22-17(24)23(13-5-3-12(18)4-6-13)16(21-22)14-7-8-20-9-15(14)19/h3-9,11H,10H2,1-2H3. The van der Waals surface area contributed by atoms with Gasteiger partial charge in [-0.15, -0.1) is 5.10 Å². The Labute approximate surface area is 149 Å². The third-order valence-electron chi connectivity index (χ3n) is 3.48. The van der Waals surface area contributed by atoms with E-state index in [9.17, 15) is 4.79 Å². The highest BCUT2D eigenvalue weighted by Gasteiger charge is 2.19. The monoisotopic (exact) mass is 362 g/mol. The first-order chi connectivity index (χ1) is 11.5. The Balaban J connectivity index is 2.25. The molecular weight excluding hydrogens is 347 g/mol. The Bertz CT molecular complexity index is 913. The molecule has 7 heteroatoms. The van der Waals surface area contributed by atoms with E-state index in [1.807, 2.05) is 13.8 Å². The predicted octanol–water partition coefficient (Wildman–Crippen LogP) is 4.06. The molecule has 0 N–H and O–H groups in total. The lowest BCUT2D eigenvalue weighted by Gasteiger charge is -2.06. The van der Waals surface area contributed by atoms with Crippen molar-refractivity contribution in [2.45, 2.75) is 20.4 Å². The van der Waals surface area contributed by atoms with Crippen LogP contribution in [0.25, 0.3) is 17.1 Å². The van der Waals surface area contributed by atoms with Crippen molar-refractivity contribution in [1.82, 2.24) is 19.3 Å². The number of rotatable bonds is 4. The van der Waals surface area contributed by atoms with Crippen LogP contribution in [0.4, 0.5) is 0 Å². The number of halogens is 2. The van der Waals surface area contributed by atoms with Gasteiger partial charge in [0.05, 0.1) is 10.7 Å². The zero-order valence-corrected chi connectivity index (χ0v) is 14.8. The fourth-order valence-corrected chi connectivity index (χ4v) is 2.76. The van der Waals surface area contributed by atoms with Crippen LogP contribution >= 0.6 is 23.2 Å². The second-order valence-corrected chi connectivity index (χ2v) is 6.69. The number of nitrogens with zero attached hydrogens (tertiary/aromatic N) is 4. The van der Waals surface area contributed by atoms with E-state index < -0.39 is 0 Å². The molecule has 3 aromatic rings. The van der Waals surface area contributed by atoms with Crippen LogP contribution in [-0.2, 0) is 6.54 Å². The van der Waals surface area contributed by atoms with E-state index in [2.05, 4.69) is 10.1 Å². The maximum Gasteiger partial charge on any atom is 0.350 e. The molecule has 0 aliphatic heterocycles. The van der Waals surface area contributed by atoms with Crippen molar-refractivity contribution in [2.75, 3.05) is 0 Å². The highest BCUT2D eigenvalue weighted by molar-refractivity contribution is 6.33. The number of pyridine rings is 1. The smallest absolute Gasteiger partial charge is 0.263 e. The summed E-state index contributed by atoms with van der Waals surface area (Å²) in [7, 11) is 0. The predicted molar refractivity (Wildman–Crippen MR) is 95.9 cm³/mol. The van der Waals surface area contributed by atoms with Gasteiger partial charge in [-0.1, -0.05) is 37.0 Å². The number of aromatic nitrogens is 4. The van der Waals surface area contributed by atoms with Gasteiger partial charge in [0.25, 0.3) is 0 Å². The van der Waals surface area contributed by atoms with Crippen molar-refractivity contribution in [3.8, 4) is 17.1 Å². The summed E-state index contributed by atoms with van der Waals surface area (Å²) >= 11 is 12.2. The minimum absolute atomic E-state index is 0.214. The molecule has 24 heavy (non-hydrogen) atoms. The molecule has 0 radical (unpaired) electrons. The molecule has 5 nitrogen and oxygen atoms in total. The maximum atomic E-state index is 12.9. The molecule has 2 aromatic heterocycles. The number of hydrogen-bond donors (Lipinski definition) is 0. The third kappa shape index (κ3) is 3.23. The lowest BCUT2D eigenvalue weighted by atomic mass is 10.2. The van der Waals surface area contributed by atoms with Crippen molar-refractivity contribution < 1.29 is 0 Å². The molecular formula is C17H16Cl2N4O. The molecule has 124 valence electrons. The van der Waals surface area contributed by atoms with Gasteiger partial charge in [0.1, 0.15) is 0 Å². The van der Waals surface area contributed by atoms with Crippen LogP contribution in [0.3, 0.4) is 0 Å². The Kier molecular flexibility index (Phi) is 4.73. The molecule has 0 saturated heterocycles. The number of benzene rings is 1. The lowest BCUT2D eigenvalue weighted by Crippen LogP contribution is -2.25. The molecule has 0 amide bonds. The highest BCUT2D eigenvalue weighted by atomic mass is 35.5. The summed E-state index contributed by atoms with van der Waals surface area (Å²) < 4.78 is 3.01. The molecule has 0 aliphatic rings. The third-order valence-corrected chi connectivity index (χ3v) is 4.03. The van der Waals surface area contributed by atoms with Gasteiger partial charge in [0, 0.05) is 29.5 Å². The van der Waals surface area contributed by atoms with Crippen LogP contribution in [0.2, 0.25) is 10.0 Å². The van der Waals surface area contributed by atoms with Crippen LogP contribution in [0, 0.1) is 5.92 Å². The second-order valence-electron chi connectivity index (χ2n) is 5.85. The highest BCUT2D eigenvalue weighted by Crippen LogP contribution is 2.26. The molecule has 0 bridgehead atoms. The van der Waals surface area contributed by atoms with Crippen molar-refractivity contribution in [1.29, 1.82) is 0 Å². The van der Waals surface area contributed by atoms with Crippen molar-refractivity contribution in [3.63, 3.8) is 0 Å².